The van der Waals surface area contributed by atoms with Crippen LogP contribution in [0.15, 0.2) is 60.7 Å². The number of Topliss-reactive ketones (excluding diaryl/α,β-unsaturated/α-hetero) is 1. The van der Waals surface area contributed by atoms with Gasteiger partial charge in [0.05, 0.1) is 11.3 Å². The third-order valence-corrected chi connectivity index (χ3v) is 4.66. The molecule has 1 heterocycles. The Bertz CT molecular complexity index is 926. The molecule has 0 aliphatic heterocycles. The Hall–Kier alpha value is -3.21. The zero-order valence-electron chi connectivity index (χ0n) is 15.1. The number of carbonyl (C=O) groups excluding carboxylic acids is 1. The molecule has 3 aromatic rings. The van der Waals surface area contributed by atoms with Crippen molar-refractivity contribution in [3.63, 3.8) is 0 Å². The van der Waals surface area contributed by atoms with E-state index in [9.17, 15) is 4.79 Å². The molecule has 0 amide bonds. The van der Waals surface area contributed by atoms with Crippen LogP contribution >= 0.6 is 0 Å². The number of aryl methyl sites for hydroxylation is 1. The highest BCUT2D eigenvalue weighted by atomic mass is 16.1. The first-order valence-corrected chi connectivity index (χ1v) is 9.33. The van der Waals surface area contributed by atoms with Crippen LogP contribution in [0.5, 0.6) is 0 Å². The van der Waals surface area contributed by atoms with Crippen molar-refractivity contribution in [1.29, 1.82) is 0 Å². The predicted molar refractivity (Wildman–Crippen MR) is 108 cm³/mol. The van der Waals surface area contributed by atoms with Crippen molar-refractivity contribution in [3.8, 4) is 0 Å². The number of hydrogen-bond donors (Lipinski definition) is 2. The normalized spacial score (nSPS) is 13.1. The van der Waals surface area contributed by atoms with E-state index in [0.717, 1.165) is 37.2 Å². The van der Waals surface area contributed by atoms with Crippen LogP contribution in [0.3, 0.4) is 0 Å². The van der Waals surface area contributed by atoms with Crippen molar-refractivity contribution in [2.45, 2.75) is 25.7 Å². The molecule has 0 saturated heterocycles. The van der Waals surface area contributed by atoms with E-state index in [0.29, 0.717) is 23.8 Å². The average Bonchev–Trinajstić information content (AvgIpc) is 2.69. The molecule has 2 aromatic carbocycles. The van der Waals surface area contributed by atoms with E-state index < -0.39 is 0 Å². The van der Waals surface area contributed by atoms with Crippen molar-refractivity contribution in [2.75, 3.05) is 17.2 Å². The number of benzene rings is 2. The summed E-state index contributed by atoms with van der Waals surface area (Å²) in [5, 5.41) is 6.61. The van der Waals surface area contributed by atoms with Crippen molar-refractivity contribution in [2.24, 2.45) is 0 Å². The molecule has 136 valence electrons. The zero-order valence-corrected chi connectivity index (χ0v) is 15.1. The first-order valence-electron chi connectivity index (χ1n) is 9.33. The Morgan fingerprint density at radius 1 is 0.889 bits per heavy atom. The molecule has 4 rings (SSSR count). The Morgan fingerprint density at radius 2 is 1.63 bits per heavy atom. The molecule has 0 atom stereocenters. The van der Waals surface area contributed by atoms with Crippen LogP contribution in [0.1, 0.15) is 34.5 Å². The average molecular weight is 358 g/mol. The molecule has 0 bridgehead atoms. The standard InChI is InChI=1S/C22H22N4O/c27-19-13-7-12-18-20(19)21(24-17-10-5-2-6-11-17)26-22(25-18)23-15-14-16-8-3-1-4-9-16/h1-6,8-11H,7,12-15H2,(H2,23,24,25,26). The van der Waals surface area contributed by atoms with Crippen LogP contribution in [-0.4, -0.2) is 22.3 Å². The molecule has 1 aliphatic rings. The lowest BCUT2D eigenvalue weighted by Crippen LogP contribution is -2.19. The van der Waals surface area contributed by atoms with Crippen molar-refractivity contribution < 1.29 is 4.79 Å². The van der Waals surface area contributed by atoms with Crippen molar-refractivity contribution in [3.05, 3.63) is 77.5 Å². The largest absolute Gasteiger partial charge is 0.354 e. The maximum Gasteiger partial charge on any atom is 0.224 e. The van der Waals surface area contributed by atoms with Gasteiger partial charge in [0, 0.05) is 18.7 Å². The summed E-state index contributed by atoms with van der Waals surface area (Å²) in [6.45, 7) is 0.738. The van der Waals surface area contributed by atoms with Crippen molar-refractivity contribution in [1.82, 2.24) is 9.97 Å². The van der Waals surface area contributed by atoms with Gasteiger partial charge < -0.3 is 10.6 Å². The second-order valence-electron chi connectivity index (χ2n) is 6.65. The maximum absolute atomic E-state index is 12.5. The van der Waals surface area contributed by atoms with Crippen LogP contribution in [-0.2, 0) is 12.8 Å². The molecule has 0 unspecified atom stereocenters. The first kappa shape index (κ1) is 17.2. The van der Waals surface area contributed by atoms with Gasteiger partial charge in [-0.1, -0.05) is 48.5 Å². The van der Waals surface area contributed by atoms with Gasteiger partial charge in [-0.05, 0) is 37.0 Å². The summed E-state index contributed by atoms with van der Waals surface area (Å²) in [5.74, 6) is 1.28. The summed E-state index contributed by atoms with van der Waals surface area (Å²) in [7, 11) is 0. The molecular weight excluding hydrogens is 336 g/mol. The maximum atomic E-state index is 12.5. The minimum absolute atomic E-state index is 0.116. The Labute approximate surface area is 158 Å². The summed E-state index contributed by atoms with van der Waals surface area (Å²) in [6.07, 6.45) is 3.10. The summed E-state index contributed by atoms with van der Waals surface area (Å²) >= 11 is 0. The third kappa shape index (κ3) is 4.14. The minimum Gasteiger partial charge on any atom is -0.354 e. The van der Waals surface area contributed by atoms with Gasteiger partial charge in [0.2, 0.25) is 5.95 Å². The summed E-state index contributed by atoms with van der Waals surface area (Å²) in [5.41, 5.74) is 3.65. The van der Waals surface area contributed by atoms with Crippen LogP contribution < -0.4 is 10.6 Å². The smallest absolute Gasteiger partial charge is 0.224 e. The number of nitrogens with one attached hydrogen (secondary N) is 2. The Morgan fingerprint density at radius 3 is 2.41 bits per heavy atom. The highest BCUT2D eigenvalue weighted by molar-refractivity contribution is 6.03. The number of rotatable bonds is 6. The number of aromatic nitrogens is 2. The first-order chi connectivity index (χ1) is 13.3. The van der Waals surface area contributed by atoms with Crippen LogP contribution in [0.4, 0.5) is 17.5 Å². The van der Waals surface area contributed by atoms with E-state index in [-0.39, 0.29) is 5.78 Å². The molecule has 5 heteroatoms. The molecule has 2 N–H and O–H groups in total. The van der Waals surface area contributed by atoms with Gasteiger partial charge in [0.15, 0.2) is 5.78 Å². The summed E-state index contributed by atoms with van der Waals surface area (Å²) in [4.78, 5) is 21.7. The van der Waals surface area contributed by atoms with Gasteiger partial charge >= 0.3 is 0 Å². The Balaban J connectivity index is 1.57. The van der Waals surface area contributed by atoms with Crippen LogP contribution in [0.2, 0.25) is 0 Å². The van der Waals surface area contributed by atoms with Gasteiger partial charge in [0.1, 0.15) is 5.82 Å². The quantitative estimate of drug-likeness (QED) is 0.684. The highest BCUT2D eigenvalue weighted by Gasteiger charge is 2.24. The number of para-hydroxylation sites is 1. The minimum atomic E-state index is 0.116. The fraction of sp³-hybridized carbons (Fsp3) is 0.227. The summed E-state index contributed by atoms with van der Waals surface area (Å²) < 4.78 is 0. The second kappa shape index (κ2) is 7.99. The number of ketones is 1. The molecule has 0 saturated carbocycles. The fourth-order valence-corrected chi connectivity index (χ4v) is 3.31. The lowest BCUT2D eigenvalue weighted by atomic mass is 9.95. The molecule has 1 aliphatic carbocycles. The molecular formula is C22H22N4O. The predicted octanol–water partition coefficient (Wildman–Crippen LogP) is 4.39. The van der Waals surface area contributed by atoms with Crippen molar-refractivity contribution >= 4 is 23.2 Å². The van der Waals surface area contributed by atoms with E-state index in [1.54, 1.807) is 0 Å². The number of fused-ring (bicyclic) bond motifs is 1. The third-order valence-electron chi connectivity index (χ3n) is 4.66. The van der Waals surface area contributed by atoms with Gasteiger partial charge in [-0.15, -0.1) is 0 Å². The van der Waals surface area contributed by atoms with Gasteiger partial charge in [0.25, 0.3) is 0 Å². The summed E-state index contributed by atoms with van der Waals surface area (Å²) in [6, 6.07) is 20.1. The number of carbonyl (C=O) groups is 1. The fourth-order valence-electron chi connectivity index (χ4n) is 3.31. The monoisotopic (exact) mass is 358 g/mol. The van der Waals surface area contributed by atoms with E-state index in [1.165, 1.54) is 5.56 Å². The number of hydrogen-bond acceptors (Lipinski definition) is 5. The number of anilines is 3. The van der Waals surface area contributed by atoms with Gasteiger partial charge in [-0.2, -0.15) is 4.98 Å². The second-order valence-corrected chi connectivity index (χ2v) is 6.65. The SMILES string of the molecule is O=C1CCCc2nc(NCCc3ccccc3)nc(Nc3ccccc3)c21. The lowest BCUT2D eigenvalue weighted by Gasteiger charge is -2.19. The molecule has 5 nitrogen and oxygen atoms in total. The molecule has 0 fully saturated rings. The van der Waals surface area contributed by atoms with E-state index >= 15 is 0 Å². The molecule has 0 radical (unpaired) electrons. The lowest BCUT2D eigenvalue weighted by molar-refractivity contribution is 0.0972. The number of nitrogens with zero attached hydrogens (tertiary/aromatic N) is 2. The molecule has 27 heavy (non-hydrogen) atoms. The van der Waals surface area contributed by atoms with Gasteiger partial charge in [-0.25, -0.2) is 4.98 Å². The molecule has 1 aromatic heterocycles. The zero-order chi connectivity index (χ0) is 18.5. The van der Waals surface area contributed by atoms with Crippen LogP contribution in [0.25, 0.3) is 0 Å². The van der Waals surface area contributed by atoms with E-state index in [4.69, 9.17) is 0 Å². The Kier molecular flexibility index (Phi) is 5.10. The highest BCUT2D eigenvalue weighted by Crippen LogP contribution is 2.28. The van der Waals surface area contributed by atoms with E-state index in [1.807, 2.05) is 48.5 Å². The van der Waals surface area contributed by atoms with Gasteiger partial charge in [-0.3, -0.25) is 4.79 Å². The molecule has 0 spiro atoms. The van der Waals surface area contributed by atoms with E-state index in [2.05, 4.69) is 32.7 Å². The topological polar surface area (TPSA) is 66.9 Å². The van der Waals surface area contributed by atoms with Crippen LogP contribution in [0, 0.1) is 0 Å².